The second-order valence-electron chi connectivity index (χ2n) is 23.6. The van der Waals surface area contributed by atoms with Crippen LogP contribution in [-0.4, -0.2) is 33.5 Å². The second kappa shape index (κ2) is 25.2. The average Bonchev–Trinajstić information content (AvgIpc) is 1.57. The van der Waals surface area contributed by atoms with Crippen LogP contribution in [0.4, 0.5) is 65.9 Å². The SMILES string of the molecule is CC1(C(F)(F)F)c2cc(-c3cc4ccccc4cn3)[c-]cc2-c2ccc(C(F)(F)F)cc21.CC1(C(F)(F)F)c2ccccc2-c2c[c-]c(-c3cc4ccccc4cn3)cc21.Cc1c(-c2[c-]cc3c(c2)C(C)(C(F)(F)F)c2cc(C(F)(F)F)ccc2-3)ncc2ccccc12.[Ir].[Ir].[Ir]. The molecule has 3 aliphatic rings. The number of aryl methyl sites for hydroxylation is 1. The summed E-state index contributed by atoms with van der Waals surface area (Å²) in [5.74, 6) is 0. The molecule has 0 saturated carbocycles. The first kappa shape index (κ1) is 70.9. The van der Waals surface area contributed by atoms with Gasteiger partial charge in [-0.25, -0.2) is 0 Å². The van der Waals surface area contributed by atoms with Gasteiger partial charge >= 0.3 is 30.9 Å². The second-order valence-corrected chi connectivity index (χ2v) is 23.6. The van der Waals surface area contributed by atoms with Crippen LogP contribution in [0.15, 0.2) is 201 Å². The van der Waals surface area contributed by atoms with E-state index in [0.717, 1.165) is 76.0 Å². The zero-order chi connectivity index (χ0) is 66.2. The number of hydrogen-bond acceptors (Lipinski definition) is 3. The van der Waals surface area contributed by atoms with Crippen LogP contribution in [0.1, 0.15) is 70.8 Å². The first-order chi connectivity index (χ1) is 43.8. The van der Waals surface area contributed by atoms with Crippen LogP contribution in [0.5, 0.6) is 0 Å². The van der Waals surface area contributed by atoms with Crippen LogP contribution in [0, 0.1) is 25.1 Å². The molecule has 12 aromatic rings. The molecule has 3 nitrogen and oxygen atoms in total. The van der Waals surface area contributed by atoms with Crippen molar-refractivity contribution < 1.29 is 126 Å². The van der Waals surface area contributed by atoms with E-state index in [1.807, 2.05) is 85.8 Å². The fourth-order valence-corrected chi connectivity index (χ4v) is 13.1. The molecule has 3 heterocycles. The van der Waals surface area contributed by atoms with Crippen molar-refractivity contribution in [2.45, 2.75) is 74.8 Å². The summed E-state index contributed by atoms with van der Waals surface area (Å²) in [6.07, 6.45) is -18.5. The van der Waals surface area contributed by atoms with Gasteiger partial charge in [0.1, 0.15) is 0 Å². The molecule has 3 unspecified atom stereocenters. The van der Waals surface area contributed by atoms with Crippen LogP contribution in [-0.2, 0) is 88.9 Å². The van der Waals surface area contributed by atoms with Gasteiger partial charge in [-0.2, -0.15) is 65.9 Å². The molecule has 21 heteroatoms. The number of pyridine rings is 3. The third-order valence-electron chi connectivity index (χ3n) is 18.4. The van der Waals surface area contributed by atoms with Crippen molar-refractivity contribution in [3.63, 3.8) is 0 Å². The molecular weight excluding hydrogens is 1800 g/mol. The van der Waals surface area contributed by atoms with Gasteiger partial charge in [-0.1, -0.05) is 172 Å². The van der Waals surface area contributed by atoms with E-state index in [9.17, 15) is 65.9 Å². The molecule has 0 bridgehead atoms. The molecule has 3 atom stereocenters. The van der Waals surface area contributed by atoms with E-state index in [0.29, 0.717) is 57.0 Å². The molecule has 0 spiro atoms. The van der Waals surface area contributed by atoms with Gasteiger partial charge in [-0.15, -0.1) is 88.0 Å². The van der Waals surface area contributed by atoms with Crippen LogP contribution in [0.25, 0.3) is 99.5 Å². The predicted molar refractivity (Wildman–Crippen MR) is 327 cm³/mol. The average molecular weight is 1850 g/mol. The van der Waals surface area contributed by atoms with Crippen LogP contribution in [0.2, 0.25) is 0 Å². The molecule has 0 aliphatic heterocycles. The topological polar surface area (TPSA) is 38.7 Å². The maximum absolute atomic E-state index is 14.4. The summed E-state index contributed by atoms with van der Waals surface area (Å²) in [7, 11) is 0. The van der Waals surface area contributed by atoms with Crippen molar-refractivity contribution in [2.75, 3.05) is 0 Å². The van der Waals surface area contributed by atoms with E-state index < -0.39 is 69.4 Å². The third-order valence-corrected chi connectivity index (χ3v) is 18.4. The smallest absolute Gasteiger partial charge is 0.304 e. The minimum absolute atomic E-state index is 0. The number of rotatable bonds is 3. The van der Waals surface area contributed by atoms with Crippen molar-refractivity contribution in [1.29, 1.82) is 0 Å². The number of halogens is 15. The van der Waals surface area contributed by atoms with Gasteiger partial charge < -0.3 is 15.0 Å². The molecule has 96 heavy (non-hydrogen) atoms. The Morgan fingerprint density at radius 3 is 1.08 bits per heavy atom. The summed E-state index contributed by atoms with van der Waals surface area (Å²) >= 11 is 0. The standard InChI is InChI=1S/C26H16F6N.C25H14F6N.C24H15F3N.3Ir/c1-14-18-6-4-3-5-16(18)13-33-23(14)15-7-9-19-20-10-8-17(25(27,28)29)12-22(20)24(2,21(19)11-15)26(30,31)32;1-23(25(29,30)31)20-10-15(22-11-14-4-2-3-5-16(14)13-32-22)6-8-18(20)19-9-7-17(12-21(19)23)24(26,27)28;1-23(24(25,26)27)20-9-5-4-8-18(20)19-11-10-16(12-21(19)23)22-13-15-6-2-3-7-17(15)14-28-22;;;/h3-6,8-13H,1-2H3;2-5,7-13H,1H3;2-9,11-14H,1H3;;;/q3*-1;;;. The van der Waals surface area contributed by atoms with E-state index in [2.05, 4.69) is 33.2 Å². The number of hydrogen-bond donors (Lipinski definition) is 0. The number of alkyl halides is 15. The molecule has 3 radical (unpaired) electrons. The molecule has 3 aliphatic carbocycles. The summed E-state index contributed by atoms with van der Waals surface area (Å²) in [5, 5.41) is 5.52. The fraction of sp³-hybridized carbons (Fsp3) is 0.160. The number of nitrogens with zero attached hydrogens (tertiary/aromatic N) is 3. The van der Waals surface area contributed by atoms with Crippen molar-refractivity contribution in [3.05, 3.63) is 269 Å². The number of aromatic nitrogens is 3. The monoisotopic (exact) mass is 1850 g/mol. The Hall–Kier alpha value is -7.89. The molecular formula is C75H45F15Ir3N3-3. The van der Waals surface area contributed by atoms with Gasteiger partial charge in [0.25, 0.3) is 0 Å². The minimum Gasteiger partial charge on any atom is -0.304 e. The minimum atomic E-state index is -4.82. The maximum Gasteiger partial charge on any atom is 0.416 e. The van der Waals surface area contributed by atoms with E-state index in [1.165, 1.54) is 31.2 Å². The Kier molecular flexibility index (Phi) is 18.6. The zero-order valence-corrected chi connectivity index (χ0v) is 57.2. The van der Waals surface area contributed by atoms with Crippen LogP contribution >= 0.6 is 0 Å². The number of benzene rings is 9. The predicted octanol–water partition coefficient (Wildman–Crippen LogP) is 22.0. The first-order valence-electron chi connectivity index (χ1n) is 28.8. The van der Waals surface area contributed by atoms with Crippen molar-refractivity contribution in [3.8, 4) is 67.2 Å². The largest absolute Gasteiger partial charge is 0.416 e. The normalized spacial score (nSPS) is 17.4. The van der Waals surface area contributed by atoms with Gasteiger partial charge in [0.2, 0.25) is 0 Å². The van der Waals surface area contributed by atoms with E-state index in [1.54, 1.807) is 61.1 Å². The van der Waals surface area contributed by atoms with Gasteiger partial charge in [0.05, 0.1) is 27.4 Å². The third kappa shape index (κ3) is 11.7. The Balaban J connectivity index is 0.000000155. The number of fused-ring (bicyclic) bond motifs is 12. The molecule has 3 aromatic heterocycles. The summed E-state index contributed by atoms with van der Waals surface area (Å²) in [4.78, 5) is 13.2. The maximum atomic E-state index is 14.4. The van der Waals surface area contributed by atoms with Crippen LogP contribution < -0.4 is 0 Å². The van der Waals surface area contributed by atoms with Crippen molar-refractivity contribution >= 4 is 32.3 Å². The Bertz CT molecular complexity index is 5020. The molecule has 0 saturated heterocycles. The molecule has 15 rings (SSSR count). The Morgan fingerprint density at radius 1 is 0.323 bits per heavy atom. The Labute approximate surface area is 580 Å². The summed E-state index contributed by atoms with van der Waals surface area (Å²) in [5.41, 5.74) is -4.50. The molecule has 0 fully saturated rings. The van der Waals surface area contributed by atoms with Gasteiger partial charge in [-0.05, 0) is 106 Å². The van der Waals surface area contributed by atoms with Crippen LogP contribution in [0.3, 0.4) is 0 Å². The van der Waals surface area contributed by atoms with Crippen molar-refractivity contribution in [2.24, 2.45) is 0 Å². The van der Waals surface area contributed by atoms with Gasteiger partial charge in [0, 0.05) is 78.9 Å². The summed E-state index contributed by atoms with van der Waals surface area (Å²) in [6.45, 7) is 4.95. The summed E-state index contributed by atoms with van der Waals surface area (Å²) in [6, 6.07) is 56.1. The molecule has 9 aromatic carbocycles. The van der Waals surface area contributed by atoms with E-state index in [-0.39, 0.29) is 105 Å². The Morgan fingerprint density at radius 2 is 0.656 bits per heavy atom. The van der Waals surface area contributed by atoms with Crippen molar-refractivity contribution in [1.82, 2.24) is 15.0 Å². The summed E-state index contributed by atoms with van der Waals surface area (Å²) < 4.78 is 209. The quantitative estimate of drug-likeness (QED) is 0.131. The zero-order valence-electron chi connectivity index (χ0n) is 50.1. The van der Waals surface area contributed by atoms with Gasteiger partial charge in [0.15, 0.2) is 0 Å². The fourth-order valence-electron chi connectivity index (χ4n) is 13.1. The molecule has 0 N–H and O–H groups in total. The molecule has 495 valence electrons. The molecule has 0 amide bonds. The first-order valence-corrected chi connectivity index (χ1v) is 28.8. The van der Waals surface area contributed by atoms with E-state index >= 15 is 0 Å². The van der Waals surface area contributed by atoms with Gasteiger partial charge in [-0.3, -0.25) is 0 Å². The van der Waals surface area contributed by atoms with E-state index in [4.69, 9.17) is 0 Å².